The highest BCUT2D eigenvalue weighted by Gasteiger charge is 2.33. The number of pyridine rings is 1. The van der Waals surface area contributed by atoms with Crippen molar-refractivity contribution in [1.82, 2.24) is 9.88 Å². The van der Waals surface area contributed by atoms with E-state index in [1.807, 2.05) is 18.4 Å². The minimum Gasteiger partial charge on any atom is -0.454 e. The van der Waals surface area contributed by atoms with Gasteiger partial charge in [-0.15, -0.1) is 0 Å². The number of nitrogens with one attached hydrogen (secondary N) is 1. The highest BCUT2D eigenvalue weighted by molar-refractivity contribution is 7.98. The van der Waals surface area contributed by atoms with E-state index in [0.717, 1.165) is 12.2 Å². The number of rotatable bonds is 7. The van der Waals surface area contributed by atoms with Crippen molar-refractivity contribution in [3.63, 3.8) is 0 Å². The van der Waals surface area contributed by atoms with E-state index in [0.29, 0.717) is 36.6 Å². The van der Waals surface area contributed by atoms with Gasteiger partial charge in [0, 0.05) is 24.9 Å². The fourth-order valence-corrected chi connectivity index (χ4v) is 3.46. The molecule has 0 spiro atoms. The molecular formula is C20H23N3O3S. The maximum absolute atomic E-state index is 12.8. The van der Waals surface area contributed by atoms with Crippen molar-refractivity contribution in [3.8, 4) is 11.5 Å². The van der Waals surface area contributed by atoms with Crippen LogP contribution in [0, 0.1) is 0 Å². The Hall–Kier alpha value is -2.54. The summed E-state index contributed by atoms with van der Waals surface area (Å²) >= 11 is 1.63. The lowest BCUT2D eigenvalue weighted by Gasteiger charge is -2.24. The van der Waals surface area contributed by atoms with Gasteiger partial charge in [0.25, 0.3) is 0 Å². The monoisotopic (exact) mass is 385 g/mol. The van der Waals surface area contributed by atoms with Crippen LogP contribution in [0.1, 0.15) is 19.3 Å². The summed E-state index contributed by atoms with van der Waals surface area (Å²) in [5.41, 5.74) is 0.578. The number of ether oxygens (including phenoxy) is 1. The lowest BCUT2D eigenvalue weighted by Crippen LogP contribution is -2.43. The Bertz CT molecular complexity index is 785. The molecule has 1 unspecified atom stereocenters. The van der Waals surface area contributed by atoms with Gasteiger partial charge in [0.2, 0.25) is 11.8 Å². The number of carbonyl (C=O) groups excluding carboxylic acids is 2. The van der Waals surface area contributed by atoms with Crippen LogP contribution in [-0.4, -0.2) is 46.3 Å². The summed E-state index contributed by atoms with van der Waals surface area (Å²) in [5.74, 6) is 1.77. The first-order chi connectivity index (χ1) is 13.2. The molecule has 1 aliphatic rings. The van der Waals surface area contributed by atoms with Gasteiger partial charge in [0.15, 0.2) is 5.75 Å². The lowest BCUT2D eigenvalue weighted by molar-refractivity contribution is -0.136. The Kier molecular flexibility index (Phi) is 6.70. The first kappa shape index (κ1) is 19.2. The largest absolute Gasteiger partial charge is 0.454 e. The molecule has 1 aliphatic heterocycles. The van der Waals surface area contributed by atoms with Crippen LogP contribution in [0.25, 0.3) is 0 Å². The van der Waals surface area contributed by atoms with Crippen molar-refractivity contribution < 1.29 is 14.3 Å². The predicted octanol–water partition coefficient (Wildman–Crippen LogP) is 3.56. The van der Waals surface area contributed by atoms with Crippen LogP contribution in [0.3, 0.4) is 0 Å². The van der Waals surface area contributed by atoms with Gasteiger partial charge in [-0.25, -0.2) is 0 Å². The molecule has 2 amide bonds. The number of nitrogens with zero attached hydrogens (tertiary/aromatic N) is 2. The van der Waals surface area contributed by atoms with E-state index < -0.39 is 6.04 Å². The molecular weight excluding hydrogens is 362 g/mol. The molecule has 1 atom stereocenters. The molecule has 1 N–H and O–H groups in total. The van der Waals surface area contributed by atoms with Gasteiger partial charge in [-0.2, -0.15) is 11.8 Å². The van der Waals surface area contributed by atoms with Crippen LogP contribution in [0.15, 0.2) is 48.8 Å². The van der Waals surface area contributed by atoms with Crippen molar-refractivity contribution >= 4 is 29.3 Å². The van der Waals surface area contributed by atoms with Gasteiger partial charge in [0.1, 0.15) is 11.8 Å². The smallest absolute Gasteiger partial charge is 0.247 e. The third kappa shape index (κ3) is 5.01. The zero-order valence-electron chi connectivity index (χ0n) is 15.3. The molecule has 6 nitrogen and oxygen atoms in total. The zero-order chi connectivity index (χ0) is 19.1. The molecule has 0 saturated carbocycles. The summed E-state index contributed by atoms with van der Waals surface area (Å²) < 4.78 is 5.84. The minimum atomic E-state index is -0.425. The third-order valence-corrected chi connectivity index (χ3v) is 5.02. The number of aromatic nitrogens is 1. The number of hydrogen-bond donors (Lipinski definition) is 1. The van der Waals surface area contributed by atoms with Crippen molar-refractivity contribution in [2.24, 2.45) is 0 Å². The first-order valence-corrected chi connectivity index (χ1v) is 10.3. The molecule has 0 aliphatic carbocycles. The van der Waals surface area contributed by atoms with Crippen LogP contribution < -0.4 is 10.1 Å². The Morgan fingerprint density at radius 1 is 1.30 bits per heavy atom. The van der Waals surface area contributed by atoms with Gasteiger partial charge in [-0.1, -0.05) is 12.1 Å². The molecule has 2 heterocycles. The van der Waals surface area contributed by atoms with Gasteiger partial charge in [0.05, 0.1) is 11.9 Å². The standard InChI is InChI=1S/C20H23N3O3S/c1-27-13-10-19(24)23-12-5-8-17(23)20(25)22-16-7-2-3-9-18(16)26-15-6-4-11-21-14-15/h2-4,6-7,9,11,14,17H,5,8,10,12-13H2,1H3,(H,22,25). The number of carbonyl (C=O) groups is 2. The summed E-state index contributed by atoms with van der Waals surface area (Å²) in [7, 11) is 0. The fraction of sp³-hybridized carbons (Fsp3) is 0.350. The van der Waals surface area contributed by atoms with Gasteiger partial charge in [-0.3, -0.25) is 14.6 Å². The van der Waals surface area contributed by atoms with Gasteiger partial charge < -0.3 is 15.0 Å². The zero-order valence-corrected chi connectivity index (χ0v) is 16.1. The molecule has 1 aromatic carbocycles. The number of benzene rings is 1. The number of anilines is 1. The Labute approximate surface area is 163 Å². The Morgan fingerprint density at radius 3 is 2.93 bits per heavy atom. The van der Waals surface area contributed by atoms with Gasteiger partial charge in [-0.05, 0) is 43.4 Å². The van der Waals surface area contributed by atoms with Crippen molar-refractivity contribution in [2.75, 3.05) is 23.9 Å². The summed E-state index contributed by atoms with van der Waals surface area (Å²) in [4.78, 5) is 30.9. The molecule has 1 fully saturated rings. The van der Waals surface area contributed by atoms with E-state index in [1.54, 1.807) is 53.3 Å². The average Bonchev–Trinajstić information content (AvgIpc) is 3.18. The van der Waals surface area contributed by atoms with Crippen LogP contribution in [0.2, 0.25) is 0 Å². The third-order valence-electron chi connectivity index (χ3n) is 4.40. The first-order valence-electron chi connectivity index (χ1n) is 8.95. The van der Waals surface area contributed by atoms with E-state index in [9.17, 15) is 9.59 Å². The van der Waals surface area contributed by atoms with Crippen molar-refractivity contribution in [3.05, 3.63) is 48.8 Å². The topological polar surface area (TPSA) is 71.5 Å². The van der Waals surface area contributed by atoms with E-state index in [4.69, 9.17) is 4.74 Å². The molecule has 142 valence electrons. The predicted molar refractivity (Wildman–Crippen MR) is 107 cm³/mol. The molecule has 2 aromatic rings. The summed E-state index contributed by atoms with van der Waals surface area (Å²) in [6.45, 7) is 0.638. The summed E-state index contributed by atoms with van der Waals surface area (Å²) in [5, 5.41) is 2.93. The second-order valence-electron chi connectivity index (χ2n) is 6.26. The minimum absolute atomic E-state index is 0.0434. The number of thioether (sulfide) groups is 1. The molecule has 0 bridgehead atoms. The van der Waals surface area contributed by atoms with Crippen LogP contribution in [-0.2, 0) is 9.59 Å². The molecule has 1 saturated heterocycles. The van der Waals surface area contributed by atoms with Crippen LogP contribution in [0.4, 0.5) is 5.69 Å². The van der Waals surface area contributed by atoms with E-state index in [-0.39, 0.29) is 11.8 Å². The van der Waals surface area contributed by atoms with E-state index in [1.165, 1.54) is 0 Å². The number of hydrogen-bond acceptors (Lipinski definition) is 5. The van der Waals surface area contributed by atoms with Gasteiger partial charge >= 0.3 is 0 Å². The SMILES string of the molecule is CSCCC(=O)N1CCCC1C(=O)Nc1ccccc1Oc1cccnc1. The molecule has 3 rings (SSSR count). The highest BCUT2D eigenvalue weighted by atomic mass is 32.2. The molecule has 7 heteroatoms. The van der Waals surface area contributed by atoms with Crippen molar-refractivity contribution in [1.29, 1.82) is 0 Å². The number of likely N-dealkylation sites (tertiary alicyclic amines) is 1. The van der Waals surface area contributed by atoms with E-state index in [2.05, 4.69) is 10.3 Å². The van der Waals surface area contributed by atoms with Crippen LogP contribution >= 0.6 is 11.8 Å². The average molecular weight is 385 g/mol. The quantitative estimate of drug-likeness (QED) is 0.789. The van der Waals surface area contributed by atoms with Crippen LogP contribution in [0.5, 0.6) is 11.5 Å². The summed E-state index contributed by atoms with van der Waals surface area (Å²) in [6.07, 6.45) is 7.25. The Morgan fingerprint density at radius 2 is 2.15 bits per heavy atom. The van der Waals surface area contributed by atoms with E-state index >= 15 is 0 Å². The molecule has 0 radical (unpaired) electrons. The van der Waals surface area contributed by atoms with Crippen molar-refractivity contribution in [2.45, 2.75) is 25.3 Å². The second-order valence-corrected chi connectivity index (χ2v) is 7.25. The Balaban J connectivity index is 1.69. The number of amides is 2. The summed E-state index contributed by atoms with van der Waals surface area (Å²) in [6, 6.07) is 10.4. The highest BCUT2D eigenvalue weighted by Crippen LogP contribution is 2.30. The fourth-order valence-electron chi connectivity index (χ4n) is 3.08. The lowest BCUT2D eigenvalue weighted by atomic mass is 10.2. The maximum Gasteiger partial charge on any atom is 0.247 e. The number of para-hydroxylation sites is 2. The molecule has 1 aromatic heterocycles. The second kappa shape index (κ2) is 9.41. The maximum atomic E-state index is 12.8. The normalized spacial score (nSPS) is 16.2. The molecule has 27 heavy (non-hydrogen) atoms.